The lowest BCUT2D eigenvalue weighted by Crippen LogP contribution is -2.26. The van der Waals surface area contributed by atoms with Gasteiger partial charge in [-0.1, -0.05) is 24.3 Å². The van der Waals surface area contributed by atoms with E-state index in [4.69, 9.17) is 18.9 Å². The third-order valence-electron chi connectivity index (χ3n) is 5.82. The van der Waals surface area contributed by atoms with Crippen molar-refractivity contribution in [3.05, 3.63) is 76.3 Å². The smallest absolute Gasteiger partial charge is 0.228 e. The maximum Gasteiger partial charge on any atom is 0.228 e. The standard InChI is InChI=1S/C27H29NO7/c1-16-20(25(31)27(35-5)26(34-4)24(16)30)14-18-8-6-17(7-9-18)10-13-23(29)28-21-12-11-19(32-2)15-22(21)33-3/h6-9,11-12,15H,10,13-14H2,1-5H3,(H,28,29). The molecule has 0 radical (unpaired) electrons. The molecule has 8 heteroatoms. The average molecular weight is 480 g/mol. The highest BCUT2D eigenvalue weighted by atomic mass is 16.5. The van der Waals surface area contributed by atoms with Crippen LogP contribution >= 0.6 is 0 Å². The van der Waals surface area contributed by atoms with E-state index in [1.165, 1.54) is 21.3 Å². The Labute approximate surface area is 204 Å². The van der Waals surface area contributed by atoms with Crippen LogP contribution in [0.1, 0.15) is 24.5 Å². The topological polar surface area (TPSA) is 100 Å². The second-order valence-corrected chi connectivity index (χ2v) is 7.94. The first-order valence-electron chi connectivity index (χ1n) is 11.0. The van der Waals surface area contributed by atoms with Crippen molar-refractivity contribution in [2.45, 2.75) is 26.2 Å². The molecule has 0 fully saturated rings. The molecule has 0 unspecified atom stereocenters. The predicted molar refractivity (Wildman–Crippen MR) is 130 cm³/mol. The van der Waals surface area contributed by atoms with Crippen LogP contribution in [0.2, 0.25) is 0 Å². The maximum absolute atomic E-state index is 12.8. The normalized spacial score (nSPS) is 13.6. The molecule has 184 valence electrons. The molecule has 0 bridgehead atoms. The second kappa shape index (κ2) is 11.4. The van der Waals surface area contributed by atoms with Crippen molar-refractivity contribution in [2.24, 2.45) is 0 Å². The Kier molecular flexibility index (Phi) is 8.30. The van der Waals surface area contributed by atoms with Crippen molar-refractivity contribution in [1.82, 2.24) is 0 Å². The molecule has 0 saturated carbocycles. The van der Waals surface area contributed by atoms with Crippen molar-refractivity contribution in [3.8, 4) is 11.5 Å². The number of methoxy groups -OCH3 is 4. The van der Waals surface area contributed by atoms with Crippen molar-refractivity contribution in [3.63, 3.8) is 0 Å². The lowest BCUT2D eigenvalue weighted by molar-refractivity contribution is -0.121. The lowest BCUT2D eigenvalue weighted by atomic mass is 9.88. The number of allylic oxidation sites excluding steroid dienone is 2. The summed E-state index contributed by atoms with van der Waals surface area (Å²) in [6.45, 7) is 1.62. The molecule has 3 rings (SSSR count). The van der Waals surface area contributed by atoms with Gasteiger partial charge in [0.2, 0.25) is 29.0 Å². The molecule has 2 aromatic rings. The van der Waals surface area contributed by atoms with E-state index in [-0.39, 0.29) is 41.8 Å². The van der Waals surface area contributed by atoms with Crippen molar-refractivity contribution < 1.29 is 33.3 Å². The largest absolute Gasteiger partial charge is 0.497 e. The third-order valence-corrected chi connectivity index (χ3v) is 5.82. The Morgan fingerprint density at radius 2 is 1.43 bits per heavy atom. The number of carbonyl (C=O) groups excluding carboxylic acids is 3. The minimum Gasteiger partial charge on any atom is -0.497 e. The van der Waals surface area contributed by atoms with Crippen LogP contribution < -0.4 is 14.8 Å². The molecule has 8 nitrogen and oxygen atoms in total. The SMILES string of the molecule is COC1=C(OC)C(=O)C(Cc2ccc(CCC(=O)Nc3ccc(OC)cc3OC)cc2)=C(C)C1=O. The molecular formula is C27H29NO7. The fourth-order valence-corrected chi connectivity index (χ4v) is 3.80. The number of ketones is 2. The molecule has 0 atom stereocenters. The first-order valence-corrected chi connectivity index (χ1v) is 11.0. The number of nitrogens with one attached hydrogen (secondary N) is 1. The van der Waals surface area contributed by atoms with Gasteiger partial charge in [-0.05, 0) is 36.6 Å². The first kappa shape index (κ1) is 25.6. The Morgan fingerprint density at radius 3 is 2.03 bits per heavy atom. The van der Waals surface area contributed by atoms with Gasteiger partial charge in [-0.2, -0.15) is 0 Å². The summed E-state index contributed by atoms with van der Waals surface area (Å²) < 4.78 is 20.7. The highest BCUT2D eigenvalue weighted by Gasteiger charge is 2.34. The predicted octanol–water partition coefficient (Wildman–Crippen LogP) is 3.79. The molecule has 0 heterocycles. The van der Waals surface area contributed by atoms with Gasteiger partial charge in [-0.15, -0.1) is 0 Å². The van der Waals surface area contributed by atoms with Crippen LogP contribution in [0, 0.1) is 0 Å². The zero-order chi connectivity index (χ0) is 25.5. The quantitative estimate of drug-likeness (QED) is 0.518. The van der Waals surface area contributed by atoms with Crippen LogP contribution in [0.4, 0.5) is 5.69 Å². The van der Waals surface area contributed by atoms with Crippen LogP contribution in [0.3, 0.4) is 0 Å². The number of carbonyl (C=O) groups is 3. The Bertz CT molecular complexity index is 1190. The number of benzene rings is 2. The highest BCUT2D eigenvalue weighted by molar-refractivity contribution is 6.23. The molecule has 1 aliphatic carbocycles. The monoisotopic (exact) mass is 479 g/mol. The summed E-state index contributed by atoms with van der Waals surface area (Å²) in [7, 11) is 5.77. The maximum atomic E-state index is 12.8. The van der Waals surface area contributed by atoms with Gasteiger partial charge in [0.15, 0.2) is 0 Å². The second-order valence-electron chi connectivity index (χ2n) is 7.94. The minimum absolute atomic E-state index is 0.0698. The van der Waals surface area contributed by atoms with Gasteiger partial charge in [-0.25, -0.2) is 0 Å². The molecule has 2 aromatic carbocycles. The molecule has 0 saturated heterocycles. The first-order chi connectivity index (χ1) is 16.8. The molecule has 1 N–H and O–H groups in total. The number of Topliss-reactive ketones (excluding diaryl/α,β-unsaturated/α-hetero) is 2. The van der Waals surface area contributed by atoms with Crippen LogP contribution in [0.15, 0.2) is 65.1 Å². The van der Waals surface area contributed by atoms with E-state index >= 15 is 0 Å². The zero-order valence-electron chi connectivity index (χ0n) is 20.5. The summed E-state index contributed by atoms with van der Waals surface area (Å²) in [4.78, 5) is 37.8. The van der Waals surface area contributed by atoms with Crippen LogP contribution in [0.25, 0.3) is 0 Å². The van der Waals surface area contributed by atoms with E-state index in [1.807, 2.05) is 24.3 Å². The number of ether oxygens (including phenoxy) is 4. The van der Waals surface area contributed by atoms with Gasteiger partial charge in [0, 0.05) is 30.1 Å². The van der Waals surface area contributed by atoms with Gasteiger partial charge >= 0.3 is 0 Å². The number of rotatable bonds is 10. The number of hydrogen-bond acceptors (Lipinski definition) is 7. The number of amides is 1. The summed E-state index contributed by atoms with van der Waals surface area (Å²) in [6.07, 6.45) is 1.11. The summed E-state index contributed by atoms with van der Waals surface area (Å²) in [5.74, 6) is 0.169. The molecule has 0 spiro atoms. The van der Waals surface area contributed by atoms with Crippen molar-refractivity contribution >= 4 is 23.2 Å². The number of anilines is 1. The summed E-state index contributed by atoms with van der Waals surface area (Å²) in [5, 5.41) is 2.86. The van der Waals surface area contributed by atoms with Crippen LogP contribution in [-0.4, -0.2) is 45.9 Å². The van der Waals surface area contributed by atoms with Gasteiger partial charge in [0.1, 0.15) is 11.5 Å². The summed E-state index contributed by atoms with van der Waals surface area (Å²) in [5.41, 5.74) is 3.15. The van der Waals surface area contributed by atoms with Crippen molar-refractivity contribution in [2.75, 3.05) is 33.8 Å². The molecule has 35 heavy (non-hydrogen) atoms. The minimum atomic E-state index is -0.352. The average Bonchev–Trinajstić information content (AvgIpc) is 2.88. The van der Waals surface area contributed by atoms with Gasteiger partial charge in [0.25, 0.3) is 0 Å². The number of hydrogen-bond donors (Lipinski definition) is 1. The van der Waals surface area contributed by atoms with E-state index in [9.17, 15) is 14.4 Å². The van der Waals surface area contributed by atoms with Gasteiger partial charge in [0.05, 0.1) is 34.1 Å². The summed E-state index contributed by atoms with van der Waals surface area (Å²) in [6, 6.07) is 12.8. The Balaban J connectivity index is 1.62. The zero-order valence-corrected chi connectivity index (χ0v) is 20.5. The molecule has 1 amide bonds. The Hall–Kier alpha value is -4.07. The van der Waals surface area contributed by atoms with E-state index in [2.05, 4.69) is 5.32 Å². The number of aryl methyl sites for hydroxylation is 1. The van der Waals surface area contributed by atoms with Crippen LogP contribution in [0.5, 0.6) is 11.5 Å². The summed E-state index contributed by atoms with van der Waals surface area (Å²) >= 11 is 0. The third kappa shape index (κ3) is 5.71. The van der Waals surface area contributed by atoms with Crippen molar-refractivity contribution in [1.29, 1.82) is 0 Å². The fourth-order valence-electron chi connectivity index (χ4n) is 3.80. The molecule has 0 aliphatic heterocycles. The Morgan fingerprint density at radius 1 is 0.800 bits per heavy atom. The van der Waals surface area contributed by atoms with E-state index in [1.54, 1.807) is 32.2 Å². The van der Waals surface area contributed by atoms with Gasteiger partial charge in [-0.3, -0.25) is 14.4 Å². The van der Waals surface area contributed by atoms with Gasteiger partial charge < -0.3 is 24.3 Å². The molecular weight excluding hydrogens is 450 g/mol. The van der Waals surface area contributed by atoms with E-state index in [0.29, 0.717) is 34.8 Å². The van der Waals surface area contributed by atoms with E-state index in [0.717, 1.165) is 11.1 Å². The molecule has 1 aliphatic rings. The highest BCUT2D eigenvalue weighted by Crippen LogP contribution is 2.30. The fraction of sp³-hybridized carbons (Fsp3) is 0.296. The van der Waals surface area contributed by atoms with Crippen LogP contribution in [-0.2, 0) is 36.7 Å². The van der Waals surface area contributed by atoms with E-state index < -0.39 is 0 Å². The molecule has 0 aromatic heterocycles. The lowest BCUT2D eigenvalue weighted by Gasteiger charge is -2.20.